The Morgan fingerprint density at radius 1 is 1.21 bits per heavy atom. The van der Waals surface area contributed by atoms with E-state index in [4.69, 9.17) is 4.74 Å². The molecule has 2 saturated carbocycles. The first-order chi connectivity index (χ1) is 13.5. The number of rotatable bonds is 8. The summed E-state index contributed by atoms with van der Waals surface area (Å²) in [6.45, 7) is 6.68. The Balaban J connectivity index is 1.67. The summed E-state index contributed by atoms with van der Waals surface area (Å²) in [4.78, 5) is 12.6. The molecule has 2 aliphatic carbocycles. The Bertz CT molecular complexity index is 626. The van der Waals surface area contributed by atoms with Gasteiger partial charge < -0.3 is 9.84 Å². The molecule has 2 aliphatic rings. The molecule has 1 aromatic rings. The van der Waals surface area contributed by atoms with Crippen molar-refractivity contribution in [3.8, 4) is 0 Å². The molecule has 156 valence electrons. The summed E-state index contributed by atoms with van der Waals surface area (Å²) in [5.74, 6) is 1.76. The van der Waals surface area contributed by atoms with Crippen molar-refractivity contribution in [3.05, 3.63) is 35.9 Å². The van der Waals surface area contributed by atoms with Crippen LogP contribution in [0.5, 0.6) is 0 Å². The number of hydrogen-bond acceptors (Lipinski definition) is 3. The highest BCUT2D eigenvalue weighted by atomic mass is 16.5. The molecule has 0 amide bonds. The topological polar surface area (TPSA) is 46.5 Å². The molecule has 1 aromatic carbocycles. The van der Waals surface area contributed by atoms with Crippen LogP contribution in [-0.2, 0) is 4.74 Å². The summed E-state index contributed by atoms with van der Waals surface area (Å²) in [7, 11) is 0. The molecule has 3 nitrogen and oxygen atoms in total. The van der Waals surface area contributed by atoms with Gasteiger partial charge in [-0.15, -0.1) is 0 Å². The van der Waals surface area contributed by atoms with Crippen LogP contribution in [0.1, 0.15) is 88.9 Å². The van der Waals surface area contributed by atoms with Crippen LogP contribution in [0.3, 0.4) is 0 Å². The van der Waals surface area contributed by atoms with Crippen LogP contribution < -0.4 is 0 Å². The Hall–Kier alpha value is -1.35. The standard InChI is InChI=1S/C25H38O3/c1-4-19(13-8-10-18(2)26)21-15-16-22-23(14-9-17-25(21,22)3)28-24(27)20-11-6-5-7-12-20/h5-7,11-12,18-19,21-23,26H,4,8-10,13-17H2,1-3H3/t18-,19?,21+,22-,23-,25+/m0/s1. The van der Waals surface area contributed by atoms with Crippen LogP contribution in [0.4, 0.5) is 0 Å². The second-order valence-corrected chi connectivity index (χ2v) is 9.45. The lowest BCUT2D eigenvalue weighted by Gasteiger charge is -2.46. The number of carbonyl (C=O) groups excluding carboxylic acids is 1. The highest BCUT2D eigenvalue weighted by Gasteiger charge is 2.53. The predicted molar refractivity (Wildman–Crippen MR) is 113 cm³/mol. The molecular weight excluding hydrogens is 348 g/mol. The Labute approximate surface area is 170 Å². The number of aliphatic hydroxyl groups excluding tert-OH is 1. The zero-order valence-corrected chi connectivity index (χ0v) is 17.9. The quantitative estimate of drug-likeness (QED) is 0.557. The van der Waals surface area contributed by atoms with Gasteiger partial charge in [-0.3, -0.25) is 0 Å². The lowest BCUT2D eigenvalue weighted by molar-refractivity contribution is -0.0488. The zero-order valence-electron chi connectivity index (χ0n) is 17.9. The van der Waals surface area contributed by atoms with Gasteiger partial charge in [-0.2, -0.15) is 0 Å². The van der Waals surface area contributed by atoms with Crippen LogP contribution in [0, 0.1) is 23.2 Å². The molecule has 0 aromatic heterocycles. The summed E-state index contributed by atoms with van der Waals surface area (Å²) in [6.07, 6.45) is 10.2. The maximum Gasteiger partial charge on any atom is 0.338 e. The smallest absolute Gasteiger partial charge is 0.338 e. The molecule has 0 saturated heterocycles. The normalized spacial score (nSPS) is 31.8. The van der Waals surface area contributed by atoms with Crippen LogP contribution in [0.2, 0.25) is 0 Å². The minimum Gasteiger partial charge on any atom is -0.458 e. The number of carbonyl (C=O) groups is 1. The highest BCUT2D eigenvalue weighted by Crippen LogP contribution is 2.59. The van der Waals surface area contributed by atoms with Gasteiger partial charge in [0.15, 0.2) is 0 Å². The first-order valence-electron chi connectivity index (χ1n) is 11.4. The molecule has 0 aliphatic heterocycles. The average Bonchev–Trinajstić information content (AvgIpc) is 3.03. The van der Waals surface area contributed by atoms with Gasteiger partial charge in [-0.05, 0) is 74.8 Å². The molecule has 0 radical (unpaired) electrons. The fraction of sp³-hybridized carbons (Fsp3) is 0.720. The van der Waals surface area contributed by atoms with Crippen LogP contribution in [0.15, 0.2) is 30.3 Å². The molecule has 0 bridgehead atoms. The third kappa shape index (κ3) is 4.62. The van der Waals surface area contributed by atoms with Crippen molar-refractivity contribution >= 4 is 5.97 Å². The Morgan fingerprint density at radius 3 is 2.64 bits per heavy atom. The fourth-order valence-corrected chi connectivity index (χ4v) is 6.22. The minimum absolute atomic E-state index is 0.0615. The van der Waals surface area contributed by atoms with Crippen LogP contribution in [-0.4, -0.2) is 23.3 Å². The van der Waals surface area contributed by atoms with E-state index in [0.717, 1.165) is 37.5 Å². The van der Waals surface area contributed by atoms with Crippen molar-refractivity contribution in [2.45, 2.75) is 90.8 Å². The van der Waals surface area contributed by atoms with Gasteiger partial charge in [0, 0.05) is 5.92 Å². The second kappa shape index (κ2) is 9.43. The Kier molecular flexibility index (Phi) is 7.20. The number of ether oxygens (including phenoxy) is 1. The predicted octanol–water partition coefficient (Wildman–Crippen LogP) is 6.01. The zero-order chi connectivity index (χ0) is 20.1. The monoisotopic (exact) mass is 386 g/mol. The van der Waals surface area contributed by atoms with E-state index in [1.54, 1.807) is 0 Å². The molecule has 1 unspecified atom stereocenters. The summed E-state index contributed by atoms with van der Waals surface area (Å²) in [6, 6.07) is 9.41. The number of fused-ring (bicyclic) bond motifs is 1. The van der Waals surface area contributed by atoms with E-state index in [-0.39, 0.29) is 23.6 Å². The van der Waals surface area contributed by atoms with Gasteiger partial charge in [0.2, 0.25) is 0 Å². The maximum atomic E-state index is 12.6. The number of hydrogen-bond donors (Lipinski definition) is 1. The van der Waals surface area contributed by atoms with E-state index >= 15 is 0 Å². The largest absolute Gasteiger partial charge is 0.458 e. The van der Waals surface area contributed by atoms with Crippen molar-refractivity contribution in [3.63, 3.8) is 0 Å². The van der Waals surface area contributed by atoms with Gasteiger partial charge in [0.25, 0.3) is 0 Å². The third-order valence-corrected chi connectivity index (χ3v) is 7.69. The maximum absolute atomic E-state index is 12.6. The molecule has 1 N–H and O–H groups in total. The van der Waals surface area contributed by atoms with E-state index < -0.39 is 0 Å². The summed E-state index contributed by atoms with van der Waals surface area (Å²) in [5, 5.41) is 9.61. The van der Waals surface area contributed by atoms with E-state index in [1.807, 2.05) is 37.3 Å². The first-order valence-corrected chi connectivity index (χ1v) is 11.4. The van der Waals surface area contributed by atoms with Crippen molar-refractivity contribution in [1.82, 2.24) is 0 Å². The van der Waals surface area contributed by atoms with Gasteiger partial charge in [0.1, 0.15) is 6.10 Å². The minimum atomic E-state index is -0.194. The van der Waals surface area contributed by atoms with E-state index in [0.29, 0.717) is 11.5 Å². The van der Waals surface area contributed by atoms with E-state index in [1.165, 1.54) is 32.1 Å². The molecular formula is C25H38O3. The Morgan fingerprint density at radius 2 is 1.96 bits per heavy atom. The molecule has 3 heteroatoms. The van der Waals surface area contributed by atoms with Gasteiger partial charge in [-0.1, -0.05) is 51.3 Å². The van der Waals surface area contributed by atoms with Gasteiger partial charge in [0.05, 0.1) is 11.7 Å². The van der Waals surface area contributed by atoms with Crippen LogP contribution in [0.25, 0.3) is 0 Å². The van der Waals surface area contributed by atoms with E-state index in [9.17, 15) is 9.90 Å². The first kappa shape index (κ1) is 21.4. The van der Waals surface area contributed by atoms with E-state index in [2.05, 4.69) is 13.8 Å². The number of aliphatic hydroxyl groups is 1. The average molecular weight is 387 g/mol. The summed E-state index contributed by atoms with van der Waals surface area (Å²) < 4.78 is 6.06. The number of esters is 1. The molecule has 0 heterocycles. The van der Waals surface area contributed by atoms with Gasteiger partial charge in [-0.25, -0.2) is 4.79 Å². The SMILES string of the molecule is CCC(CCC[C@H](C)O)[C@H]1CC[C@H]2[C@@H](OC(=O)c3ccccc3)CCC[C@]12C. The van der Waals surface area contributed by atoms with Crippen molar-refractivity contribution in [1.29, 1.82) is 0 Å². The summed E-state index contributed by atoms with van der Waals surface area (Å²) >= 11 is 0. The van der Waals surface area contributed by atoms with Crippen LogP contribution >= 0.6 is 0 Å². The lowest BCUT2D eigenvalue weighted by atomic mass is 9.60. The number of benzene rings is 1. The fourth-order valence-electron chi connectivity index (χ4n) is 6.22. The second-order valence-electron chi connectivity index (χ2n) is 9.45. The summed E-state index contributed by atoms with van der Waals surface area (Å²) in [5.41, 5.74) is 0.944. The molecule has 28 heavy (non-hydrogen) atoms. The third-order valence-electron chi connectivity index (χ3n) is 7.69. The molecule has 2 fully saturated rings. The van der Waals surface area contributed by atoms with Gasteiger partial charge >= 0.3 is 5.97 Å². The molecule has 6 atom stereocenters. The molecule has 0 spiro atoms. The lowest BCUT2D eigenvalue weighted by Crippen LogP contribution is -2.43. The molecule has 3 rings (SSSR count). The van der Waals surface area contributed by atoms with Crippen molar-refractivity contribution < 1.29 is 14.6 Å². The van der Waals surface area contributed by atoms with Crippen molar-refractivity contribution in [2.24, 2.45) is 23.2 Å². The van der Waals surface area contributed by atoms with Crippen molar-refractivity contribution in [2.75, 3.05) is 0 Å². The highest BCUT2D eigenvalue weighted by molar-refractivity contribution is 5.89.